The van der Waals surface area contributed by atoms with Gasteiger partial charge in [0.05, 0.1) is 22.1 Å². The monoisotopic (exact) mass is 534 g/mol. The first-order valence-electron chi connectivity index (χ1n) is 14.6. The van der Waals surface area contributed by atoms with Gasteiger partial charge in [0.2, 0.25) is 0 Å². The van der Waals surface area contributed by atoms with E-state index >= 15 is 0 Å². The van der Waals surface area contributed by atoms with Crippen molar-refractivity contribution in [3.05, 3.63) is 121 Å². The molecular weight excluding hydrogens is 512 g/mol. The summed E-state index contributed by atoms with van der Waals surface area (Å²) in [5.74, 6) is 0. The van der Waals surface area contributed by atoms with E-state index in [4.69, 9.17) is 9.97 Å². The van der Waals surface area contributed by atoms with Gasteiger partial charge in [0.1, 0.15) is 0 Å². The summed E-state index contributed by atoms with van der Waals surface area (Å²) in [4.78, 5) is 10.5. The molecule has 0 radical (unpaired) electrons. The maximum atomic E-state index is 5.26. The van der Waals surface area contributed by atoms with E-state index in [0.717, 1.165) is 24.1 Å². The number of aromatic nitrogens is 4. The van der Waals surface area contributed by atoms with Crippen molar-refractivity contribution in [3.8, 4) is 22.3 Å². The quantitative estimate of drug-likeness (QED) is 0.144. The van der Waals surface area contributed by atoms with Gasteiger partial charge >= 0.3 is 0 Å². The van der Waals surface area contributed by atoms with Gasteiger partial charge in [-0.15, -0.1) is 0 Å². The van der Waals surface area contributed by atoms with Gasteiger partial charge < -0.3 is 9.13 Å². The van der Waals surface area contributed by atoms with Crippen LogP contribution in [0.3, 0.4) is 0 Å². The Balaban J connectivity index is 1.50. The Labute approximate surface area is 240 Å². The lowest BCUT2D eigenvalue weighted by Gasteiger charge is -2.30. The van der Waals surface area contributed by atoms with Crippen molar-refractivity contribution in [2.75, 3.05) is 0 Å². The Morgan fingerprint density at radius 1 is 0.429 bits per heavy atom. The highest BCUT2D eigenvalue weighted by Crippen LogP contribution is 2.50. The predicted octanol–water partition coefficient (Wildman–Crippen LogP) is 9.06. The van der Waals surface area contributed by atoms with Crippen molar-refractivity contribution < 1.29 is 0 Å². The molecule has 4 heteroatoms. The third kappa shape index (κ3) is 2.35. The highest BCUT2D eigenvalue weighted by atomic mass is 15.0. The van der Waals surface area contributed by atoms with Gasteiger partial charge in [0.25, 0.3) is 0 Å². The van der Waals surface area contributed by atoms with Crippen molar-refractivity contribution >= 4 is 65.4 Å². The molecule has 0 saturated carbocycles. The molecule has 0 unspecified atom stereocenters. The summed E-state index contributed by atoms with van der Waals surface area (Å²) in [6.45, 7) is 1.68. The molecule has 6 heterocycles. The van der Waals surface area contributed by atoms with E-state index in [0.29, 0.717) is 0 Å². The molecule has 9 aromatic rings. The first kappa shape index (κ1) is 21.3. The maximum Gasteiger partial charge on any atom is 0.0993 e. The van der Waals surface area contributed by atoms with Crippen LogP contribution in [0.2, 0.25) is 0 Å². The number of fused-ring (bicyclic) bond motifs is 12. The lowest BCUT2D eigenvalue weighted by Crippen LogP contribution is -2.14. The van der Waals surface area contributed by atoms with E-state index in [-0.39, 0.29) is 0 Å². The molecule has 5 aromatic carbocycles. The molecule has 0 spiro atoms. The minimum atomic E-state index is 0.838. The zero-order chi connectivity index (χ0) is 27.1. The highest BCUT2D eigenvalue weighted by molar-refractivity contribution is 6.41. The molecule has 0 bridgehead atoms. The van der Waals surface area contributed by atoms with Crippen LogP contribution in [0.1, 0.15) is 11.1 Å². The number of para-hydroxylation sites is 2. The normalized spacial score (nSPS) is 13.5. The summed E-state index contributed by atoms with van der Waals surface area (Å²) in [6.07, 6.45) is 4.18. The first-order valence-corrected chi connectivity index (χ1v) is 14.6. The Kier molecular flexibility index (Phi) is 3.66. The molecule has 11 rings (SSSR count). The highest BCUT2D eigenvalue weighted by Gasteiger charge is 2.29. The maximum absolute atomic E-state index is 5.26. The lowest BCUT2D eigenvalue weighted by atomic mass is 9.86. The van der Waals surface area contributed by atoms with Gasteiger partial charge in [0.15, 0.2) is 0 Å². The number of hydrogen-bond acceptors (Lipinski definition) is 2. The van der Waals surface area contributed by atoms with Crippen LogP contribution < -0.4 is 0 Å². The number of nitrogens with zero attached hydrogens (tertiary/aromatic N) is 4. The van der Waals surface area contributed by atoms with Crippen LogP contribution in [0.15, 0.2) is 109 Å². The Hall–Kier alpha value is -5.48. The first-order chi connectivity index (χ1) is 20.9. The second-order valence-corrected chi connectivity index (χ2v) is 11.8. The second kappa shape index (κ2) is 7.23. The fraction of sp³-hybridized carbons (Fsp3) is 0.0526. The van der Waals surface area contributed by atoms with Crippen molar-refractivity contribution in [1.29, 1.82) is 0 Å². The van der Waals surface area contributed by atoms with E-state index < -0.39 is 0 Å². The number of benzene rings is 5. The molecule has 0 fully saturated rings. The molecule has 4 aromatic heterocycles. The van der Waals surface area contributed by atoms with E-state index in [1.807, 2.05) is 0 Å². The fourth-order valence-electron chi connectivity index (χ4n) is 8.17. The van der Waals surface area contributed by atoms with Crippen molar-refractivity contribution in [3.63, 3.8) is 0 Å². The smallest absolute Gasteiger partial charge is 0.0993 e. The van der Waals surface area contributed by atoms with Crippen LogP contribution >= 0.6 is 0 Å². The average molecular weight is 535 g/mol. The van der Waals surface area contributed by atoms with Crippen LogP contribution in [0, 0.1) is 0 Å². The van der Waals surface area contributed by atoms with Gasteiger partial charge in [-0.1, -0.05) is 84.9 Å². The fourth-order valence-corrected chi connectivity index (χ4v) is 8.17. The molecule has 2 aliphatic heterocycles. The SMILES string of the molecule is c1ccc2c(c1)Cn1c3ccccc3c3c4c5ccccc5n5c6c(cnc(c7ncc-2c1c73)c46)-c1ccccc1C5. The predicted molar refractivity (Wildman–Crippen MR) is 172 cm³/mol. The van der Waals surface area contributed by atoms with Gasteiger partial charge in [-0.2, -0.15) is 0 Å². The Morgan fingerprint density at radius 3 is 1.36 bits per heavy atom. The minimum absolute atomic E-state index is 0.838. The van der Waals surface area contributed by atoms with Crippen LogP contribution in [0.5, 0.6) is 0 Å². The molecule has 0 aliphatic carbocycles. The molecule has 194 valence electrons. The molecule has 0 amide bonds. The Bertz CT molecular complexity index is 2500. The van der Waals surface area contributed by atoms with Gasteiger partial charge in [-0.25, -0.2) is 0 Å². The number of rotatable bonds is 0. The average Bonchev–Trinajstić information content (AvgIpc) is 3.06. The van der Waals surface area contributed by atoms with Crippen molar-refractivity contribution in [2.45, 2.75) is 13.1 Å². The van der Waals surface area contributed by atoms with E-state index in [1.165, 1.54) is 87.8 Å². The zero-order valence-electron chi connectivity index (χ0n) is 22.6. The zero-order valence-corrected chi connectivity index (χ0v) is 22.6. The summed E-state index contributed by atoms with van der Waals surface area (Å²) in [5, 5.41) is 7.54. The Morgan fingerprint density at radius 2 is 0.857 bits per heavy atom. The van der Waals surface area contributed by atoms with E-state index in [2.05, 4.69) is 119 Å². The summed E-state index contributed by atoms with van der Waals surface area (Å²) in [5.41, 5.74) is 14.6. The lowest BCUT2D eigenvalue weighted by molar-refractivity contribution is 0.853. The molecule has 0 N–H and O–H groups in total. The third-order valence-electron chi connectivity index (χ3n) is 9.82. The second-order valence-electron chi connectivity index (χ2n) is 11.8. The summed E-state index contributed by atoms with van der Waals surface area (Å²) in [6, 6.07) is 35.4. The number of hydrogen-bond donors (Lipinski definition) is 0. The van der Waals surface area contributed by atoms with Crippen LogP contribution in [-0.4, -0.2) is 19.1 Å². The van der Waals surface area contributed by atoms with Gasteiger partial charge in [0, 0.05) is 80.0 Å². The van der Waals surface area contributed by atoms with E-state index in [1.54, 1.807) is 0 Å². The molecular formula is C38H22N4. The van der Waals surface area contributed by atoms with Crippen molar-refractivity contribution in [2.24, 2.45) is 0 Å². The van der Waals surface area contributed by atoms with Gasteiger partial charge in [-0.05, 0) is 34.4 Å². The van der Waals surface area contributed by atoms with Crippen LogP contribution in [0.4, 0.5) is 0 Å². The molecule has 42 heavy (non-hydrogen) atoms. The minimum Gasteiger partial charge on any atom is -0.335 e. The summed E-state index contributed by atoms with van der Waals surface area (Å²) >= 11 is 0. The number of pyridine rings is 4. The van der Waals surface area contributed by atoms with Crippen LogP contribution in [-0.2, 0) is 13.1 Å². The van der Waals surface area contributed by atoms with Gasteiger partial charge in [-0.3, -0.25) is 9.97 Å². The summed E-state index contributed by atoms with van der Waals surface area (Å²) in [7, 11) is 0. The van der Waals surface area contributed by atoms with E-state index in [9.17, 15) is 0 Å². The molecule has 2 aliphatic rings. The molecule has 0 saturated heterocycles. The molecule has 0 atom stereocenters. The van der Waals surface area contributed by atoms with Crippen molar-refractivity contribution in [1.82, 2.24) is 19.1 Å². The molecule has 4 nitrogen and oxygen atoms in total. The third-order valence-corrected chi connectivity index (χ3v) is 9.82. The standard InChI is InChI=1S/C38H22N4/c1-3-11-23-21(9-1)19-41-29-15-7-5-13-25(29)31-32-26-14-6-8-16-30(26)42-20-22-10-2-4-12-24(22)28-18-40-36(34(32)38(28)42)35-33(31)37(41)27(23)17-39-35/h1-18H,19-20H2. The largest absolute Gasteiger partial charge is 0.335 e. The van der Waals surface area contributed by atoms with Crippen LogP contribution in [0.25, 0.3) is 87.7 Å². The summed E-state index contributed by atoms with van der Waals surface area (Å²) < 4.78 is 5.02. The topological polar surface area (TPSA) is 35.6 Å².